The summed E-state index contributed by atoms with van der Waals surface area (Å²) in [5, 5.41) is 13.7. The van der Waals surface area contributed by atoms with Crippen molar-refractivity contribution >= 4 is 11.8 Å². The molecule has 3 N–H and O–H groups in total. The Hall–Kier alpha value is -2.39. The van der Waals surface area contributed by atoms with Crippen LogP contribution < -0.4 is 10.6 Å². The molecule has 1 aromatic heterocycles. The second kappa shape index (κ2) is 7.84. The van der Waals surface area contributed by atoms with Gasteiger partial charge < -0.3 is 15.7 Å². The largest absolute Gasteiger partial charge is 0.384 e. The summed E-state index contributed by atoms with van der Waals surface area (Å²) in [5.41, 5.74) is 0.620. The molecule has 1 heterocycles. The number of aromatic nitrogens is 1. The molecule has 0 aliphatic carbocycles. The molecule has 19 heavy (non-hydrogen) atoms. The Morgan fingerprint density at radius 3 is 2.95 bits per heavy atom. The molecule has 100 valence electrons. The van der Waals surface area contributed by atoms with Crippen molar-refractivity contribution in [1.29, 1.82) is 0 Å². The van der Waals surface area contributed by atoms with Gasteiger partial charge in [-0.05, 0) is 12.1 Å². The van der Waals surface area contributed by atoms with E-state index in [4.69, 9.17) is 5.11 Å². The summed E-state index contributed by atoms with van der Waals surface area (Å²) in [6, 6.07) is 3.30. The van der Waals surface area contributed by atoms with Crippen LogP contribution in [0.1, 0.15) is 22.5 Å². The molecule has 0 radical (unpaired) electrons. The molecule has 0 aromatic carbocycles. The van der Waals surface area contributed by atoms with Crippen LogP contribution in [0.2, 0.25) is 0 Å². The monoisotopic (exact) mass is 261 g/mol. The van der Waals surface area contributed by atoms with Gasteiger partial charge in [-0.3, -0.25) is 9.59 Å². The lowest BCUT2D eigenvalue weighted by molar-refractivity contribution is -0.120. The third kappa shape index (κ3) is 4.77. The van der Waals surface area contributed by atoms with Crippen LogP contribution in [0.4, 0.5) is 0 Å². The molecule has 0 saturated heterocycles. The Morgan fingerprint density at radius 2 is 2.26 bits per heavy atom. The standard InChI is InChI=1S/C13H15N3O3/c1-14-11(18)6-8-16-13(19)12-10(5-3-9-17)4-2-7-15-12/h2,4,7,17H,6,8-9H2,1H3,(H,14,18)(H,16,19). The topological polar surface area (TPSA) is 91.3 Å². The highest BCUT2D eigenvalue weighted by Gasteiger charge is 2.11. The van der Waals surface area contributed by atoms with Gasteiger partial charge in [-0.25, -0.2) is 4.98 Å². The van der Waals surface area contributed by atoms with Crippen LogP contribution in [0.3, 0.4) is 0 Å². The minimum atomic E-state index is -0.397. The van der Waals surface area contributed by atoms with E-state index >= 15 is 0 Å². The summed E-state index contributed by atoms with van der Waals surface area (Å²) in [7, 11) is 1.53. The van der Waals surface area contributed by atoms with Crippen LogP contribution in [0.25, 0.3) is 0 Å². The summed E-state index contributed by atoms with van der Waals surface area (Å²) in [4.78, 5) is 26.8. The van der Waals surface area contributed by atoms with Crippen LogP contribution in [-0.2, 0) is 4.79 Å². The number of nitrogens with zero attached hydrogens (tertiary/aromatic N) is 1. The number of rotatable bonds is 4. The molecule has 1 rings (SSSR count). The van der Waals surface area contributed by atoms with Crippen molar-refractivity contribution in [2.75, 3.05) is 20.2 Å². The number of nitrogens with one attached hydrogen (secondary N) is 2. The number of pyridine rings is 1. The van der Waals surface area contributed by atoms with Gasteiger partial charge in [0.1, 0.15) is 12.3 Å². The van der Waals surface area contributed by atoms with Gasteiger partial charge in [-0.2, -0.15) is 0 Å². The fourth-order valence-electron chi connectivity index (χ4n) is 1.32. The predicted octanol–water partition coefficient (Wildman–Crippen LogP) is -0.709. The van der Waals surface area contributed by atoms with Crippen LogP contribution in [-0.4, -0.2) is 42.1 Å². The zero-order valence-electron chi connectivity index (χ0n) is 10.6. The first kappa shape index (κ1) is 14.7. The van der Waals surface area contributed by atoms with Gasteiger partial charge in [0.25, 0.3) is 5.91 Å². The van der Waals surface area contributed by atoms with E-state index in [1.165, 1.54) is 13.2 Å². The number of carbonyl (C=O) groups is 2. The van der Waals surface area contributed by atoms with E-state index in [0.29, 0.717) is 5.56 Å². The zero-order valence-corrected chi connectivity index (χ0v) is 10.6. The summed E-state index contributed by atoms with van der Waals surface area (Å²) in [5.74, 6) is 4.57. The second-order valence-corrected chi connectivity index (χ2v) is 3.54. The van der Waals surface area contributed by atoms with Gasteiger partial charge >= 0.3 is 0 Å². The summed E-state index contributed by atoms with van der Waals surface area (Å²) >= 11 is 0. The minimum Gasteiger partial charge on any atom is -0.384 e. The van der Waals surface area contributed by atoms with Gasteiger partial charge in [-0.1, -0.05) is 11.8 Å². The Balaban J connectivity index is 2.69. The van der Waals surface area contributed by atoms with E-state index in [-0.39, 0.29) is 31.2 Å². The molecule has 2 amide bonds. The zero-order chi connectivity index (χ0) is 14.1. The fourth-order valence-corrected chi connectivity index (χ4v) is 1.32. The third-order valence-corrected chi connectivity index (χ3v) is 2.24. The minimum absolute atomic E-state index is 0.151. The predicted molar refractivity (Wildman–Crippen MR) is 69.2 cm³/mol. The highest BCUT2D eigenvalue weighted by molar-refractivity contribution is 5.94. The lowest BCUT2D eigenvalue weighted by atomic mass is 10.2. The molecule has 0 unspecified atom stereocenters. The number of aliphatic hydroxyl groups excluding tert-OH is 1. The number of hydrogen-bond donors (Lipinski definition) is 3. The first-order valence-electron chi connectivity index (χ1n) is 5.72. The van der Waals surface area contributed by atoms with E-state index in [1.54, 1.807) is 12.1 Å². The summed E-state index contributed by atoms with van der Waals surface area (Å²) < 4.78 is 0. The average molecular weight is 261 g/mol. The molecule has 6 nitrogen and oxygen atoms in total. The van der Waals surface area contributed by atoms with E-state index < -0.39 is 5.91 Å². The quantitative estimate of drug-likeness (QED) is 0.624. The lowest BCUT2D eigenvalue weighted by Gasteiger charge is -2.05. The molecule has 0 aliphatic heterocycles. The van der Waals surface area contributed by atoms with E-state index in [9.17, 15) is 9.59 Å². The number of aliphatic hydroxyl groups is 1. The Kier molecular flexibility index (Phi) is 6.06. The van der Waals surface area contributed by atoms with Crippen LogP contribution in [0, 0.1) is 11.8 Å². The van der Waals surface area contributed by atoms with Crippen LogP contribution in [0.15, 0.2) is 18.3 Å². The Bertz CT molecular complexity index is 517. The van der Waals surface area contributed by atoms with Gasteiger partial charge in [0.05, 0.1) is 5.56 Å². The molecule has 6 heteroatoms. The number of carbonyl (C=O) groups excluding carboxylic acids is 2. The first-order chi connectivity index (χ1) is 9.19. The van der Waals surface area contributed by atoms with Crippen LogP contribution >= 0.6 is 0 Å². The third-order valence-electron chi connectivity index (χ3n) is 2.24. The summed E-state index contributed by atoms with van der Waals surface area (Å²) in [6.07, 6.45) is 1.69. The molecule has 1 aromatic rings. The van der Waals surface area contributed by atoms with Crippen molar-refractivity contribution in [3.8, 4) is 11.8 Å². The highest BCUT2D eigenvalue weighted by Crippen LogP contribution is 2.03. The molecule has 0 fully saturated rings. The van der Waals surface area contributed by atoms with Crippen molar-refractivity contribution < 1.29 is 14.7 Å². The Morgan fingerprint density at radius 1 is 1.47 bits per heavy atom. The molecule has 0 saturated carbocycles. The lowest BCUT2D eigenvalue weighted by Crippen LogP contribution is -2.30. The van der Waals surface area contributed by atoms with Crippen molar-refractivity contribution in [1.82, 2.24) is 15.6 Å². The van der Waals surface area contributed by atoms with Gasteiger partial charge in [0.2, 0.25) is 5.91 Å². The highest BCUT2D eigenvalue weighted by atomic mass is 16.2. The van der Waals surface area contributed by atoms with Crippen molar-refractivity contribution in [2.45, 2.75) is 6.42 Å². The van der Waals surface area contributed by atoms with Gasteiger partial charge in [0, 0.05) is 26.2 Å². The number of amides is 2. The molecule has 0 atom stereocenters. The van der Waals surface area contributed by atoms with Gasteiger partial charge in [-0.15, -0.1) is 0 Å². The summed E-state index contributed by atoms with van der Waals surface area (Å²) in [6.45, 7) is -0.0609. The van der Waals surface area contributed by atoms with E-state index in [0.717, 1.165) is 0 Å². The van der Waals surface area contributed by atoms with Crippen molar-refractivity contribution in [3.63, 3.8) is 0 Å². The maximum Gasteiger partial charge on any atom is 0.271 e. The van der Waals surface area contributed by atoms with Crippen molar-refractivity contribution in [3.05, 3.63) is 29.6 Å². The number of hydrogen-bond acceptors (Lipinski definition) is 4. The SMILES string of the molecule is CNC(=O)CCNC(=O)c1ncccc1C#CCO. The molecular weight excluding hydrogens is 246 g/mol. The van der Waals surface area contributed by atoms with Crippen molar-refractivity contribution in [2.24, 2.45) is 0 Å². The molecule has 0 aliphatic rings. The molecule has 0 spiro atoms. The normalized spacial score (nSPS) is 9.16. The molecule has 0 bridgehead atoms. The van der Waals surface area contributed by atoms with E-state index in [1.807, 2.05) is 0 Å². The van der Waals surface area contributed by atoms with Gasteiger partial charge in [0.15, 0.2) is 0 Å². The Labute approximate surface area is 111 Å². The average Bonchev–Trinajstić information content (AvgIpc) is 2.45. The maximum absolute atomic E-state index is 11.9. The maximum atomic E-state index is 11.9. The fraction of sp³-hybridized carbons (Fsp3) is 0.308. The first-order valence-corrected chi connectivity index (χ1v) is 5.72. The van der Waals surface area contributed by atoms with E-state index in [2.05, 4.69) is 27.5 Å². The molecular formula is C13H15N3O3. The smallest absolute Gasteiger partial charge is 0.271 e. The van der Waals surface area contributed by atoms with Crippen LogP contribution in [0.5, 0.6) is 0 Å². The second-order valence-electron chi connectivity index (χ2n) is 3.54.